The second kappa shape index (κ2) is 9.33. The Morgan fingerprint density at radius 3 is 2.80 bits per heavy atom. The summed E-state index contributed by atoms with van der Waals surface area (Å²) < 4.78 is 7.44. The Bertz CT molecular complexity index is 1120. The minimum atomic E-state index is -0.132. The molecular formula is C18H16N8O2S2. The van der Waals surface area contributed by atoms with Gasteiger partial charge in [-0.1, -0.05) is 29.2 Å². The van der Waals surface area contributed by atoms with Crippen LogP contribution in [0.15, 0.2) is 59.2 Å². The van der Waals surface area contributed by atoms with Gasteiger partial charge in [0.1, 0.15) is 12.1 Å². The molecule has 2 heterocycles. The number of thioether (sulfide) groups is 1. The normalized spacial score (nSPS) is 10.6. The quantitative estimate of drug-likeness (QED) is 0.398. The average Bonchev–Trinajstić information content (AvgIpc) is 3.45. The highest BCUT2D eigenvalue weighted by Crippen LogP contribution is 2.28. The van der Waals surface area contributed by atoms with Crippen molar-refractivity contribution in [1.29, 1.82) is 0 Å². The third-order valence-electron chi connectivity index (χ3n) is 3.82. The molecule has 4 aromatic rings. The lowest BCUT2D eigenvalue weighted by Crippen LogP contribution is -2.13. The predicted octanol–water partition coefficient (Wildman–Crippen LogP) is 3.00. The fourth-order valence-electron chi connectivity index (χ4n) is 2.44. The van der Waals surface area contributed by atoms with E-state index in [1.165, 1.54) is 34.1 Å². The Balaban J connectivity index is 1.28. The van der Waals surface area contributed by atoms with E-state index < -0.39 is 0 Å². The molecule has 4 rings (SSSR count). The number of nitrogens with one attached hydrogen (secondary N) is 2. The Kier molecular flexibility index (Phi) is 6.15. The number of aromatic nitrogens is 6. The maximum atomic E-state index is 12.2. The van der Waals surface area contributed by atoms with E-state index in [0.717, 1.165) is 17.1 Å². The fraction of sp³-hybridized carbons (Fsp3) is 0.111. The molecule has 30 heavy (non-hydrogen) atoms. The Morgan fingerprint density at radius 2 is 2.03 bits per heavy atom. The molecule has 0 saturated carbocycles. The third-order valence-corrected chi connectivity index (χ3v) is 5.79. The van der Waals surface area contributed by atoms with Gasteiger partial charge >= 0.3 is 0 Å². The first-order valence-electron chi connectivity index (χ1n) is 8.70. The lowest BCUT2D eigenvalue weighted by atomic mass is 10.3. The highest BCUT2D eigenvalue weighted by molar-refractivity contribution is 8.01. The molecule has 0 radical (unpaired) electrons. The minimum Gasteiger partial charge on any atom is -0.497 e. The molecule has 152 valence electrons. The van der Waals surface area contributed by atoms with Crippen molar-refractivity contribution in [2.75, 3.05) is 23.5 Å². The summed E-state index contributed by atoms with van der Waals surface area (Å²) in [6, 6.07) is 14.8. The van der Waals surface area contributed by atoms with Gasteiger partial charge in [-0.3, -0.25) is 4.79 Å². The van der Waals surface area contributed by atoms with Crippen molar-refractivity contribution in [3.8, 4) is 11.4 Å². The van der Waals surface area contributed by atoms with Crippen molar-refractivity contribution in [2.45, 2.75) is 4.34 Å². The summed E-state index contributed by atoms with van der Waals surface area (Å²) in [5.74, 6) is 0.845. The zero-order valence-electron chi connectivity index (χ0n) is 15.7. The van der Waals surface area contributed by atoms with E-state index in [9.17, 15) is 4.79 Å². The van der Waals surface area contributed by atoms with E-state index in [2.05, 4.69) is 36.4 Å². The molecule has 10 nitrogen and oxygen atoms in total. The molecule has 0 aliphatic rings. The van der Waals surface area contributed by atoms with Crippen molar-refractivity contribution >= 4 is 45.5 Å². The first kappa shape index (κ1) is 19.8. The van der Waals surface area contributed by atoms with Crippen molar-refractivity contribution in [2.24, 2.45) is 0 Å². The van der Waals surface area contributed by atoms with Crippen molar-refractivity contribution in [3.63, 3.8) is 0 Å². The molecule has 0 saturated heterocycles. The van der Waals surface area contributed by atoms with Crippen LogP contribution in [-0.2, 0) is 4.79 Å². The summed E-state index contributed by atoms with van der Waals surface area (Å²) in [6.45, 7) is 0. The van der Waals surface area contributed by atoms with Crippen LogP contribution in [0.1, 0.15) is 0 Å². The first-order chi connectivity index (χ1) is 14.7. The van der Waals surface area contributed by atoms with E-state index in [1.807, 2.05) is 36.4 Å². The second-order valence-electron chi connectivity index (χ2n) is 5.87. The SMILES string of the molecule is COc1cccc(Nc2nnc(SCC(=O)Nc3ccc(-n4cnnn4)cc3)s2)c1. The van der Waals surface area contributed by atoms with Crippen molar-refractivity contribution in [1.82, 2.24) is 30.4 Å². The van der Waals surface area contributed by atoms with Gasteiger partial charge in [0.05, 0.1) is 18.6 Å². The lowest BCUT2D eigenvalue weighted by Gasteiger charge is -2.05. The van der Waals surface area contributed by atoms with Crippen LogP contribution in [0.2, 0.25) is 0 Å². The Labute approximate surface area is 179 Å². The molecule has 0 aliphatic carbocycles. The topological polar surface area (TPSA) is 120 Å². The minimum absolute atomic E-state index is 0.132. The third kappa shape index (κ3) is 5.10. The predicted molar refractivity (Wildman–Crippen MR) is 115 cm³/mol. The summed E-state index contributed by atoms with van der Waals surface area (Å²) in [7, 11) is 1.62. The smallest absolute Gasteiger partial charge is 0.234 e. The van der Waals surface area contributed by atoms with Gasteiger partial charge in [-0.2, -0.15) is 0 Å². The molecule has 0 fully saturated rings. The zero-order chi connectivity index (χ0) is 20.8. The molecule has 2 aromatic carbocycles. The Hall–Kier alpha value is -3.51. The number of carbonyl (C=O) groups excluding carboxylic acids is 1. The van der Waals surface area contributed by atoms with Gasteiger partial charge in [0.15, 0.2) is 4.34 Å². The van der Waals surface area contributed by atoms with Crippen LogP contribution in [0.4, 0.5) is 16.5 Å². The van der Waals surface area contributed by atoms with E-state index >= 15 is 0 Å². The number of anilines is 3. The van der Waals surface area contributed by atoms with E-state index in [1.54, 1.807) is 19.2 Å². The van der Waals surface area contributed by atoms with E-state index in [0.29, 0.717) is 15.2 Å². The van der Waals surface area contributed by atoms with Crippen molar-refractivity contribution < 1.29 is 9.53 Å². The maximum Gasteiger partial charge on any atom is 0.234 e. The molecule has 1 amide bonds. The van der Waals surface area contributed by atoms with Crippen LogP contribution < -0.4 is 15.4 Å². The number of amides is 1. The summed E-state index contributed by atoms with van der Waals surface area (Å²) in [5.41, 5.74) is 2.34. The number of rotatable bonds is 8. The molecule has 2 N–H and O–H groups in total. The second-order valence-corrected chi connectivity index (χ2v) is 8.07. The first-order valence-corrected chi connectivity index (χ1v) is 10.5. The highest BCUT2D eigenvalue weighted by Gasteiger charge is 2.09. The van der Waals surface area contributed by atoms with Gasteiger partial charge in [-0.15, -0.1) is 15.3 Å². The van der Waals surface area contributed by atoms with Crippen LogP contribution in [0.25, 0.3) is 5.69 Å². The molecular weight excluding hydrogens is 424 g/mol. The molecule has 12 heteroatoms. The number of benzene rings is 2. The van der Waals surface area contributed by atoms with Gasteiger partial charge in [-0.05, 0) is 46.8 Å². The van der Waals surface area contributed by atoms with Crippen LogP contribution >= 0.6 is 23.1 Å². The van der Waals surface area contributed by atoms with E-state index in [-0.39, 0.29) is 11.7 Å². The van der Waals surface area contributed by atoms with Gasteiger partial charge in [0.25, 0.3) is 0 Å². The number of ether oxygens (including phenoxy) is 1. The van der Waals surface area contributed by atoms with Crippen LogP contribution in [0, 0.1) is 0 Å². The number of nitrogens with zero attached hydrogens (tertiary/aromatic N) is 6. The standard InChI is InChI=1S/C18H16N8O2S2/c1-28-15-4-2-3-13(9-15)21-17-22-23-18(30-17)29-10-16(27)20-12-5-7-14(8-6-12)26-11-19-24-25-26/h2-9,11H,10H2,1H3,(H,20,27)(H,21,22). The van der Waals surface area contributed by atoms with Gasteiger partial charge in [-0.25, -0.2) is 4.68 Å². The van der Waals surface area contributed by atoms with Gasteiger partial charge in [0.2, 0.25) is 11.0 Å². The molecule has 0 aliphatic heterocycles. The monoisotopic (exact) mass is 440 g/mol. The zero-order valence-corrected chi connectivity index (χ0v) is 17.4. The molecule has 0 spiro atoms. The number of carbonyl (C=O) groups is 1. The Morgan fingerprint density at radius 1 is 1.17 bits per heavy atom. The summed E-state index contributed by atoms with van der Waals surface area (Å²) in [4.78, 5) is 12.2. The molecule has 0 atom stereocenters. The average molecular weight is 441 g/mol. The van der Waals surface area contributed by atoms with Crippen LogP contribution in [0.5, 0.6) is 5.75 Å². The number of methoxy groups -OCH3 is 1. The number of hydrogen-bond donors (Lipinski definition) is 2. The summed E-state index contributed by atoms with van der Waals surface area (Å²) >= 11 is 2.70. The number of tetrazole rings is 1. The lowest BCUT2D eigenvalue weighted by molar-refractivity contribution is -0.113. The fourth-order valence-corrected chi connectivity index (χ4v) is 4.02. The molecule has 0 unspecified atom stereocenters. The maximum absolute atomic E-state index is 12.2. The van der Waals surface area contributed by atoms with Crippen LogP contribution in [-0.4, -0.2) is 49.2 Å². The van der Waals surface area contributed by atoms with Gasteiger partial charge < -0.3 is 15.4 Å². The largest absolute Gasteiger partial charge is 0.497 e. The van der Waals surface area contributed by atoms with E-state index in [4.69, 9.17) is 4.74 Å². The van der Waals surface area contributed by atoms with Crippen molar-refractivity contribution in [3.05, 3.63) is 54.9 Å². The summed E-state index contributed by atoms with van der Waals surface area (Å²) in [5, 5.41) is 25.9. The molecule has 2 aromatic heterocycles. The number of hydrogen-bond acceptors (Lipinski definition) is 10. The van der Waals surface area contributed by atoms with Crippen LogP contribution in [0.3, 0.4) is 0 Å². The molecule has 0 bridgehead atoms. The highest BCUT2D eigenvalue weighted by atomic mass is 32.2. The summed E-state index contributed by atoms with van der Waals surface area (Å²) in [6.07, 6.45) is 1.50. The van der Waals surface area contributed by atoms with Gasteiger partial charge in [0, 0.05) is 17.4 Å².